The molecule has 0 aliphatic rings. The standard InChI is InChI=1S/C25H27NO/c1-4-5-6-7-8-11-21(20-16-14-18(2)15-17-20)24-22-12-9-10-13-23(22)26-25(24)19(3)27/h9-10,12-17,21,26H,4-7H2,1-3H3. The molecule has 0 spiro atoms. The number of unbranched alkanes of at least 4 members (excludes halogenated alkanes) is 3. The molecule has 1 unspecified atom stereocenters. The summed E-state index contributed by atoms with van der Waals surface area (Å²) in [5.41, 5.74) is 5.02. The van der Waals surface area contributed by atoms with Crippen LogP contribution in [0.25, 0.3) is 10.9 Å². The molecular weight excluding hydrogens is 330 g/mol. The first kappa shape index (κ1) is 19.0. The summed E-state index contributed by atoms with van der Waals surface area (Å²) in [5, 5.41) is 1.08. The van der Waals surface area contributed by atoms with Crippen molar-refractivity contribution in [1.29, 1.82) is 0 Å². The molecule has 0 saturated carbocycles. The van der Waals surface area contributed by atoms with E-state index in [1.807, 2.05) is 18.2 Å². The minimum Gasteiger partial charge on any atom is -0.352 e. The smallest absolute Gasteiger partial charge is 0.176 e. The Bertz CT molecular complexity index is 983. The Kier molecular flexibility index (Phi) is 6.14. The first-order chi connectivity index (χ1) is 13.1. The van der Waals surface area contributed by atoms with Crippen LogP contribution in [0.4, 0.5) is 0 Å². The molecule has 138 valence electrons. The fourth-order valence-electron chi connectivity index (χ4n) is 3.46. The van der Waals surface area contributed by atoms with Gasteiger partial charge in [-0.05, 0) is 25.0 Å². The van der Waals surface area contributed by atoms with E-state index >= 15 is 0 Å². The molecule has 3 rings (SSSR count). The molecule has 1 N–H and O–H groups in total. The Morgan fingerprint density at radius 1 is 1.07 bits per heavy atom. The highest BCUT2D eigenvalue weighted by atomic mass is 16.1. The van der Waals surface area contributed by atoms with Gasteiger partial charge in [0, 0.05) is 29.8 Å². The van der Waals surface area contributed by atoms with Crippen molar-refractivity contribution in [3.05, 3.63) is 70.9 Å². The van der Waals surface area contributed by atoms with E-state index in [2.05, 4.69) is 61.0 Å². The molecule has 0 aliphatic heterocycles. The second-order valence-electron chi connectivity index (χ2n) is 7.14. The molecule has 3 aromatic rings. The molecular formula is C25H27NO. The van der Waals surface area contributed by atoms with E-state index in [1.165, 1.54) is 18.4 Å². The Morgan fingerprint density at radius 2 is 1.81 bits per heavy atom. The van der Waals surface area contributed by atoms with Crippen LogP contribution >= 0.6 is 0 Å². The van der Waals surface area contributed by atoms with Gasteiger partial charge in [-0.3, -0.25) is 4.79 Å². The minimum atomic E-state index is -0.109. The molecule has 0 aliphatic carbocycles. The third-order valence-corrected chi connectivity index (χ3v) is 4.95. The fourth-order valence-corrected chi connectivity index (χ4v) is 3.46. The number of ketones is 1. The number of benzene rings is 2. The summed E-state index contributed by atoms with van der Waals surface area (Å²) < 4.78 is 0. The lowest BCUT2D eigenvalue weighted by Crippen LogP contribution is -2.05. The van der Waals surface area contributed by atoms with Gasteiger partial charge in [0.2, 0.25) is 0 Å². The van der Waals surface area contributed by atoms with Crippen molar-refractivity contribution in [3.8, 4) is 11.8 Å². The number of carbonyl (C=O) groups is 1. The maximum absolute atomic E-state index is 12.4. The summed E-state index contributed by atoms with van der Waals surface area (Å²) in [6.07, 6.45) is 4.42. The maximum Gasteiger partial charge on any atom is 0.176 e. The van der Waals surface area contributed by atoms with Gasteiger partial charge < -0.3 is 4.98 Å². The molecule has 27 heavy (non-hydrogen) atoms. The summed E-state index contributed by atoms with van der Waals surface area (Å²) >= 11 is 0. The molecule has 0 fully saturated rings. The first-order valence-electron chi connectivity index (χ1n) is 9.78. The third kappa shape index (κ3) is 4.31. The van der Waals surface area contributed by atoms with E-state index in [9.17, 15) is 4.79 Å². The summed E-state index contributed by atoms with van der Waals surface area (Å²) in [6, 6.07) is 16.6. The van der Waals surface area contributed by atoms with E-state index in [-0.39, 0.29) is 11.7 Å². The van der Waals surface area contributed by atoms with E-state index in [0.29, 0.717) is 5.69 Å². The number of carbonyl (C=O) groups excluding carboxylic acids is 1. The third-order valence-electron chi connectivity index (χ3n) is 4.95. The lowest BCUT2D eigenvalue weighted by atomic mass is 9.88. The second-order valence-corrected chi connectivity index (χ2v) is 7.14. The van der Waals surface area contributed by atoms with Crippen molar-refractivity contribution in [2.75, 3.05) is 0 Å². The Balaban J connectivity index is 2.12. The molecule has 1 aromatic heterocycles. The van der Waals surface area contributed by atoms with Crippen molar-refractivity contribution in [3.63, 3.8) is 0 Å². The number of para-hydroxylation sites is 1. The highest BCUT2D eigenvalue weighted by Crippen LogP contribution is 2.34. The summed E-state index contributed by atoms with van der Waals surface area (Å²) in [5.74, 6) is 6.80. The van der Waals surface area contributed by atoms with E-state index in [0.717, 1.165) is 34.9 Å². The van der Waals surface area contributed by atoms with Gasteiger partial charge in [0.05, 0.1) is 11.6 Å². The van der Waals surface area contributed by atoms with Crippen LogP contribution in [0, 0.1) is 18.8 Å². The number of hydrogen-bond acceptors (Lipinski definition) is 1. The fraction of sp³-hybridized carbons (Fsp3) is 0.320. The highest BCUT2D eigenvalue weighted by molar-refractivity contribution is 6.02. The lowest BCUT2D eigenvalue weighted by molar-refractivity contribution is 0.101. The number of Topliss-reactive ketones (excluding diaryl/α,β-unsaturated/α-hetero) is 1. The van der Waals surface area contributed by atoms with Crippen LogP contribution in [0.15, 0.2) is 48.5 Å². The molecule has 2 aromatic carbocycles. The molecule has 2 heteroatoms. The van der Waals surface area contributed by atoms with Gasteiger partial charge >= 0.3 is 0 Å². The summed E-state index contributed by atoms with van der Waals surface area (Å²) in [6.45, 7) is 5.91. The monoisotopic (exact) mass is 357 g/mol. The topological polar surface area (TPSA) is 32.9 Å². The van der Waals surface area contributed by atoms with Crippen LogP contribution in [0.3, 0.4) is 0 Å². The van der Waals surface area contributed by atoms with E-state index in [1.54, 1.807) is 6.92 Å². The van der Waals surface area contributed by atoms with Crippen molar-refractivity contribution in [1.82, 2.24) is 4.98 Å². The highest BCUT2D eigenvalue weighted by Gasteiger charge is 2.23. The van der Waals surface area contributed by atoms with Gasteiger partial charge in [-0.25, -0.2) is 0 Å². The van der Waals surface area contributed by atoms with Crippen LogP contribution in [0.5, 0.6) is 0 Å². The Hall–Kier alpha value is -2.79. The second kappa shape index (κ2) is 8.73. The minimum absolute atomic E-state index is 0.0473. The number of fused-ring (bicyclic) bond motifs is 1. The number of aromatic amines is 1. The SMILES string of the molecule is CCCCCC#CC(c1ccc(C)cc1)c1c(C(C)=O)[nH]c2ccccc12. The molecule has 0 bridgehead atoms. The average Bonchev–Trinajstić information content (AvgIpc) is 3.05. The van der Waals surface area contributed by atoms with Crippen LogP contribution in [-0.4, -0.2) is 10.8 Å². The van der Waals surface area contributed by atoms with Crippen LogP contribution in [0.2, 0.25) is 0 Å². The molecule has 0 radical (unpaired) electrons. The van der Waals surface area contributed by atoms with Crippen LogP contribution < -0.4 is 0 Å². The summed E-state index contributed by atoms with van der Waals surface area (Å²) in [7, 11) is 0. The average molecular weight is 357 g/mol. The largest absolute Gasteiger partial charge is 0.352 e. The number of rotatable bonds is 6. The molecule has 0 amide bonds. The molecule has 2 nitrogen and oxygen atoms in total. The van der Waals surface area contributed by atoms with Crippen molar-refractivity contribution < 1.29 is 4.79 Å². The zero-order valence-corrected chi connectivity index (χ0v) is 16.4. The number of nitrogens with one attached hydrogen (secondary N) is 1. The number of hydrogen-bond donors (Lipinski definition) is 1. The quantitative estimate of drug-likeness (QED) is 0.309. The first-order valence-corrected chi connectivity index (χ1v) is 9.78. The molecule has 1 atom stereocenters. The van der Waals surface area contributed by atoms with E-state index in [4.69, 9.17) is 0 Å². The van der Waals surface area contributed by atoms with Gasteiger partial charge in [-0.2, -0.15) is 0 Å². The molecule has 1 heterocycles. The number of H-pyrrole nitrogens is 1. The normalized spacial score (nSPS) is 11.8. The molecule has 0 saturated heterocycles. The van der Waals surface area contributed by atoms with Crippen LogP contribution in [0.1, 0.15) is 72.6 Å². The Morgan fingerprint density at radius 3 is 2.52 bits per heavy atom. The lowest BCUT2D eigenvalue weighted by Gasteiger charge is -2.13. The van der Waals surface area contributed by atoms with E-state index < -0.39 is 0 Å². The zero-order valence-electron chi connectivity index (χ0n) is 16.4. The predicted octanol–water partition coefficient (Wildman–Crippen LogP) is 6.39. The predicted molar refractivity (Wildman–Crippen MR) is 113 cm³/mol. The van der Waals surface area contributed by atoms with Crippen molar-refractivity contribution >= 4 is 16.7 Å². The summed E-state index contributed by atoms with van der Waals surface area (Å²) in [4.78, 5) is 15.7. The van der Waals surface area contributed by atoms with Gasteiger partial charge in [0.15, 0.2) is 5.78 Å². The van der Waals surface area contributed by atoms with Gasteiger partial charge in [0.1, 0.15) is 0 Å². The van der Waals surface area contributed by atoms with Gasteiger partial charge in [-0.1, -0.05) is 73.7 Å². The van der Waals surface area contributed by atoms with Crippen molar-refractivity contribution in [2.45, 2.75) is 52.4 Å². The van der Waals surface area contributed by atoms with Gasteiger partial charge in [0.25, 0.3) is 0 Å². The Labute approximate surface area is 162 Å². The van der Waals surface area contributed by atoms with Gasteiger partial charge in [-0.15, -0.1) is 5.92 Å². The van der Waals surface area contributed by atoms with Crippen LogP contribution in [-0.2, 0) is 0 Å². The zero-order chi connectivity index (χ0) is 19.2. The van der Waals surface area contributed by atoms with Crippen molar-refractivity contribution in [2.24, 2.45) is 0 Å². The maximum atomic E-state index is 12.4. The number of aromatic nitrogens is 1. The number of aryl methyl sites for hydroxylation is 1.